The first-order valence-electron chi connectivity index (χ1n) is 4.73. The molecule has 0 bridgehead atoms. The molecule has 76 valence electrons. The quantitative estimate of drug-likeness (QED) is 0.767. The number of rotatable bonds is 0. The zero-order valence-electron chi connectivity index (χ0n) is 8.60. The number of halogens is 1. The highest BCUT2D eigenvalue weighted by molar-refractivity contribution is 9.10. The first-order valence-corrected chi connectivity index (χ1v) is 5.53. The van der Waals surface area contributed by atoms with Gasteiger partial charge >= 0.3 is 0 Å². The lowest BCUT2D eigenvalue weighted by Gasteiger charge is -2.37. The van der Waals surface area contributed by atoms with Crippen molar-refractivity contribution in [2.45, 2.75) is 32.6 Å². The van der Waals surface area contributed by atoms with Gasteiger partial charge in [0.1, 0.15) is 6.23 Å². The van der Waals surface area contributed by atoms with Crippen molar-refractivity contribution >= 4 is 21.6 Å². The fourth-order valence-electron chi connectivity index (χ4n) is 1.89. The summed E-state index contributed by atoms with van der Waals surface area (Å²) in [6, 6.07) is 6.23. The molecule has 0 radical (unpaired) electrons. The standard InChI is InChI=1S/C11H14BrNO/c1-7-13-10-5-4-8(12)6-9(10)11(2,3)14-7/h4-7,13H,1-3H3/t7-/m1/s1. The lowest BCUT2D eigenvalue weighted by molar-refractivity contribution is -0.0633. The van der Waals surface area contributed by atoms with E-state index in [1.807, 2.05) is 13.0 Å². The Hall–Kier alpha value is -0.540. The maximum atomic E-state index is 5.82. The Bertz CT molecular complexity index is 362. The SMILES string of the molecule is C[C@@H]1Nc2ccc(Br)cc2C(C)(C)O1. The predicted molar refractivity (Wildman–Crippen MR) is 61.3 cm³/mol. The topological polar surface area (TPSA) is 21.3 Å². The molecule has 2 nitrogen and oxygen atoms in total. The van der Waals surface area contributed by atoms with Crippen LogP contribution in [-0.2, 0) is 10.3 Å². The van der Waals surface area contributed by atoms with Crippen LogP contribution < -0.4 is 5.32 Å². The molecule has 14 heavy (non-hydrogen) atoms. The van der Waals surface area contributed by atoms with Gasteiger partial charge in [-0.05, 0) is 39.0 Å². The average molecular weight is 256 g/mol. The monoisotopic (exact) mass is 255 g/mol. The van der Waals surface area contributed by atoms with E-state index < -0.39 is 0 Å². The van der Waals surface area contributed by atoms with Crippen LogP contribution in [0.3, 0.4) is 0 Å². The van der Waals surface area contributed by atoms with E-state index in [1.165, 1.54) is 5.56 Å². The summed E-state index contributed by atoms with van der Waals surface area (Å²) in [5.41, 5.74) is 2.14. The molecular weight excluding hydrogens is 242 g/mol. The maximum absolute atomic E-state index is 5.82. The zero-order valence-corrected chi connectivity index (χ0v) is 10.2. The second-order valence-electron chi connectivity index (χ2n) is 4.10. The molecule has 1 aromatic carbocycles. The van der Waals surface area contributed by atoms with Gasteiger partial charge in [0.25, 0.3) is 0 Å². The van der Waals surface area contributed by atoms with Crippen LogP contribution in [0.25, 0.3) is 0 Å². The number of ether oxygens (including phenoxy) is 1. The average Bonchev–Trinajstić information content (AvgIpc) is 2.05. The summed E-state index contributed by atoms with van der Waals surface area (Å²) in [4.78, 5) is 0. The van der Waals surface area contributed by atoms with Gasteiger partial charge in [0, 0.05) is 15.7 Å². The van der Waals surface area contributed by atoms with Crippen molar-refractivity contribution in [1.29, 1.82) is 0 Å². The van der Waals surface area contributed by atoms with E-state index in [9.17, 15) is 0 Å². The van der Waals surface area contributed by atoms with Crippen LogP contribution in [0, 0.1) is 0 Å². The van der Waals surface area contributed by atoms with Crippen molar-refractivity contribution in [2.24, 2.45) is 0 Å². The smallest absolute Gasteiger partial charge is 0.126 e. The van der Waals surface area contributed by atoms with E-state index in [0.29, 0.717) is 0 Å². The van der Waals surface area contributed by atoms with Crippen molar-refractivity contribution in [3.05, 3.63) is 28.2 Å². The van der Waals surface area contributed by atoms with Crippen LogP contribution in [-0.4, -0.2) is 6.23 Å². The van der Waals surface area contributed by atoms with Crippen LogP contribution in [0.5, 0.6) is 0 Å². The van der Waals surface area contributed by atoms with E-state index in [2.05, 4.69) is 47.2 Å². The van der Waals surface area contributed by atoms with E-state index in [1.54, 1.807) is 0 Å². The minimum atomic E-state index is -0.218. The fraction of sp³-hybridized carbons (Fsp3) is 0.455. The fourth-order valence-corrected chi connectivity index (χ4v) is 2.26. The highest BCUT2D eigenvalue weighted by atomic mass is 79.9. The molecule has 1 aliphatic rings. The Morgan fingerprint density at radius 3 is 2.86 bits per heavy atom. The Labute approximate surface area is 92.8 Å². The molecule has 0 saturated carbocycles. The Balaban J connectivity index is 2.53. The number of fused-ring (bicyclic) bond motifs is 1. The predicted octanol–water partition coefficient (Wildman–Crippen LogP) is 3.47. The molecule has 0 unspecified atom stereocenters. The van der Waals surface area contributed by atoms with Crippen LogP contribution in [0.15, 0.2) is 22.7 Å². The van der Waals surface area contributed by atoms with Gasteiger partial charge in [-0.3, -0.25) is 0 Å². The molecule has 3 heteroatoms. The molecule has 0 fully saturated rings. The summed E-state index contributed by atoms with van der Waals surface area (Å²) < 4.78 is 6.91. The zero-order chi connectivity index (χ0) is 10.3. The summed E-state index contributed by atoms with van der Waals surface area (Å²) in [5.74, 6) is 0. The van der Waals surface area contributed by atoms with Crippen molar-refractivity contribution in [2.75, 3.05) is 5.32 Å². The summed E-state index contributed by atoms with van der Waals surface area (Å²) in [6.07, 6.45) is 0.0682. The summed E-state index contributed by atoms with van der Waals surface area (Å²) in [5, 5.41) is 3.30. The molecule has 2 rings (SSSR count). The number of hydrogen-bond acceptors (Lipinski definition) is 2. The molecule has 0 saturated heterocycles. The summed E-state index contributed by atoms with van der Waals surface area (Å²) in [7, 11) is 0. The largest absolute Gasteiger partial charge is 0.360 e. The highest BCUT2D eigenvalue weighted by Crippen LogP contribution is 2.38. The normalized spacial score (nSPS) is 23.9. The molecule has 0 aromatic heterocycles. The molecule has 0 aliphatic carbocycles. The molecule has 1 atom stereocenters. The third-order valence-electron chi connectivity index (χ3n) is 2.46. The van der Waals surface area contributed by atoms with E-state index in [0.717, 1.165) is 10.2 Å². The van der Waals surface area contributed by atoms with Crippen LogP contribution in [0.4, 0.5) is 5.69 Å². The molecule has 1 N–H and O–H groups in total. The van der Waals surface area contributed by atoms with Gasteiger partial charge in [-0.1, -0.05) is 15.9 Å². The number of anilines is 1. The molecule has 1 aromatic rings. The third-order valence-corrected chi connectivity index (χ3v) is 2.95. The summed E-state index contributed by atoms with van der Waals surface area (Å²) >= 11 is 3.47. The second-order valence-corrected chi connectivity index (χ2v) is 5.02. The Morgan fingerprint density at radius 1 is 1.43 bits per heavy atom. The first kappa shape index (κ1) is 9.99. The highest BCUT2D eigenvalue weighted by Gasteiger charge is 2.31. The van der Waals surface area contributed by atoms with Crippen LogP contribution in [0.1, 0.15) is 26.3 Å². The van der Waals surface area contributed by atoms with Gasteiger partial charge in [-0.25, -0.2) is 0 Å². The van der Waals surface area contributed by atoms with Crippen molar-refractivity contribution in [3.63, 3.8) is 0 Å². The Morgan fingerprint density at radius 2 is 2.14 bits per heavy atom. The van der Waals surface area contributed by atoms with Crippen molar-refractivity contribution in [1.82, 2.24) is 0 Å². The van der Waals surface area contributed by atoms with Crippen molar-refractivity contribution < 1.29 is 4.74 Å². The van der Waals surface area contributed by atoms with Gasteiger partial charge in [-0.2, -0.15) is 0 Å². The maximum Gasteiger partial charge on any atom is 0.126 e. The molecular formula is C11H14BrNO. The van der Waals surface area contributed by atoms with E-state index in [4.69, 9.17) is 4.74 Å². The second kappa shape index (κ2) is 3.24. The van der Waals surface area contributed by atoms with Gasteiger partial charge in [-0.15, -0.1) is 0 Å². The lowest BCUT2D eigenvalue weighted by atomic mass is 9.94. The molecule has 0 amide bonds. The third kappa shape index (κ3) is 1.66. The first-order chi connectivity index (χ1) is 6.49. The minimum Gasteiger partial charge on any atom is -0.360 e. The van der Waals surface area contributed by atoms with Crippen LogP contribution >= 0.6 is 15.9 Å². The van der Waals surface area contributed by atoms with Gasteiger partial charge in [0.15, 0.2) is 0 Å². The lowest BCUT2D eigenvalue weighted by Crippen LogP contribution is -2.37. The summed E-state index contributed by atoms with van der Waals surface area (Å²) in [6.45, 7) is 6.21. The Kier molecular flexibility index (Phi) is 2.32. The molecule has 1 aliphatic heterocycles. The van der Waals surface area contributed by atoms with E-state index in [-0.39, 0.29) is 11.8 Å². The van der Waals surface area contributed by atoms with Gasteiger partial charge < -0.3 is 10.1 Å². The molecule has 0 spiro atoms. The molecule has 1 heterocycles. The van der Waals surface area contributed by atoms with Crippen LogP contribution in [0.2, 0.25) is 0 Å². The van der Waals surface area contributed by atoms with Gasteiger partial charge in [0.2, 0.25) is 0 Å². The number of benzene rings is 1. The number of nitrogens with one attached hydrogen (secondary N) is 1. The van der Waals surface area contributed by atoms with Gasteiger partial charge in [0.05, 0.1) is 5.60 Å². The van der Waals surface area contributed by atoms with Crippen molar-refractivity contribution in [3.8, 4) is 0 Å². The number of hydrogen-bond donors (Lipinski definition) is 1. The minimum absolute atomic E-state index is 0.0682. The van der Waals surface area contributed by atoms with E-state index >= 15 is 0 Å².